The number of phenolic OH excluding ortho intramolecular Hbond substituents is 2. The van der Waals surface area contributed by atoms with Crippen LogP contribution in [0.15, 0.2) is 12.1 Å². The molecule has 0 fully saturated rings. The van der Waals surface area contributed by atoms with Gasteiger partial charge >= 0.3 is 12.1 Å². The second-order valence-corrected chi connectivity index (χ2v) is 3.89. The lowest BCUT2D eigenvalue weighted by molar-refractivity contribution is -0.189. The second-order valence-electron chi connectivity index (χ2n) is 3.89. The molecule has 0 spiro atoms. The first-order valence-electron chi connectivity index (χ1n) is 4.98. The van der Waals surface area contributed by atoms with Crippen molar-refractivity contribution in [3.8, 4) is 17.2 Å². The molecule has 0 aromatic heterocycles. The maximum absolute atomic E-state index is 12.0. The zero-order valence-electron chi connectivity index (χ0n) is 9.58. The van der Waals surface area contributed by atoms with Crippen molar-refractivity contribution in [2.45, 2.75) is 25.9 Å². The van der Waals surface area contributed by atoms with E-state index in [9.17, 15) is 28.2 Å². The molecule has 1 aromatic rings. The molecule has 1 rings (SSSR count). The summed E-state index contributed by atoms with van der Waals surface area (Å²) in [6.45, 7) is 3.23. The molecule has 7 heteroatoms. The highest BCUT2D eigenvalue weighted by Gasteiger charge is 2.42. The van der Waals surface area contributed by atoms with E-state index in [0.717, 1.165) is 12.1 Å². The quantitative estimate of drug-likeness (QED) is 0.636. The molecule has 18 heavy (non-hydrogen) atoms. The average molecular weight is 264 g/mol. The Bertz CT molecular complexity index is 466. The maximum atomic E-state index is 12.0. The van der Waals surface area contributed by atoms with Gasteiger partial charge in [0.05, 0.1) is 0 Å². The number of phenols is 2. The van der Waals surface area contributed by atoms with Gasteiger partial charge in [-0.15, -0.1) is 0 Å². The summed E-state index contributed by atoms with van der Waals surface area (Å²) in [4.78, 5) is 10.6. The van der Waals surface area contributed by atoms with Gasteiger partial charge in [-0.05, 0) is 18.1 Å². The van der Waals surface area contributed by atoms with Crippen LogP contribution < -0.4 is 4.74 Å². The Labute approximate surface area is 101 Å². The van der Waals surface area contributed by atoms with Crippen LogP contribution in [0.2, 0.25) is 0 Å². The fourth-order valence-electron chi connectivity index (χ4n) is 1.39. The molecule has 0 radical (unpaired) electrons. The van der Waals surface area contributed by atoms with E-state index < -0.39 is 23.6 Å². The van der Waals surface area contributed by atoms with E-state index in [1.54, 1.807) is 13.8 Å². The number of benzene rings is 1. The molecule has 0 aliphatic heterocycles. The Morgan fingerprint density at radius 3 is 2.28 bits per heavy atom. The van der Waals surface area contributed by atoms with Crippen molar-refractivity contribution in [2.75, 3.05) is 0 Å². The first-order chi connectivity index (χ1) is 8.14. The van der Waals surface area contributed by atoms with Crippen LogP contribution in [-0.2, 0) is 4.79 Å². The number of ether oxygens (including phenoxy) is 1. The molecule has 1 aromatic carbocycles. The standard InChI is InChI=1S/C11H11F3O4/c1-5(2)8-6(15)3-4-7(9(8)16)18-10(17)11(12,13)14/h3-5,15-16H,1-2H3. The van der Waals surface area contributed by atoms with E-state index in [0.29, 0.717) is 0 Å². The van der Waals surface area contributed by atoms with Gasteiger partial charge in [0.1, 0.15) is 5.75 Å². The second kappa shape index (κ2) is 4.75. The number of halogens is 3. The van der Waals surface area contributed by atoms with Gasteiger partial charge < -0.3 is 14.9 Å². The zero-order valence-corrected chi connectivity index (χ0v) is 9.58. The van der Waals surface area contributed by atoms with E-state index in [1.807, 2.05) is 0 Å². The molecule has 2 N–H and O–H groups in total. The number of alkyl halides is 3. The van der Waals surface area contributed by atoms with Crippen LogP contribution in [0, 0.1) is 0 Å². The van der Waals surface area contributed by atoms with Crippen LogP contribution in [0.25, 0.3) is 0 Å². The topological polar surface area (TPSA) is 66.8 Å². The average Bonchev–Trinajstić information content (AvgIpc) is 2.20. The molecule has 100 valence electrons. The third-order valence-corrected chi connectivity index (χ3v) is 2.17. The Morgan fingerprint density at radius 1 is 1.28 bits per heavy atom. The van der Waals surface area contributed by atoms with Gasteiger partial charge in [-0.2, -0.15) is 13.2 Å². The van der Waals surface area contributed by atoms with Gasteiger partial charge in [-0.25, -0.2) is 4.79 Å². The Morgan fingerprint density at radius 2 is 1.83 bits per heavy atom. The summed E-state index contributed by atoms with van der Waals surface area (Å²) in [6, 6.07) is 1.94. The van der Waals surface area contributed by atoms with Gasteiger partial charge in [0.2, 0.25) is 0 Å². The van der Waals surface area contributed by atoms with Gasteiger partial charge in [-0.3, -0.25) is 0 Å². The highest BCUT2D eigenvalue weighted by atomic mass is 19.4. The van der Waals surface area contributed by atoms with E-state index in [1.165, 1.54) is 0 Å². The van der Waals surface area contributed by atoms with E-state index >= 15 is 0 Å². The number of carbonyl (C=O) groups is 1. The van der Waals surface area contributed by atoms with Crippen LogP contribution in [0.3, 0.4) is 0 Å². The number of esters is 1. The molecule has 0 atom stereocenters. The molecule has 0 heterocycles. The Balaban J connectivity index is 3.13. The maximum Gasteiger partial charge on any atom is 0.491 e. The van der Waals surface area contributed by atoms with E-state index in [2.05, 4.69) is 4.74 Å². The predicted octanol–water partition coefficient (Wildman–Crippen LogP) is 2.69. The van der Waals surface area contributed by atoms with Crippen molar-refractivity contribution in [3.63, 3.8) is 0 Å². The van der Waals surface area contributed by atoms with E-state index in [-0.39, 0.29) is 17.2 Å². The minimum atomic E-state index is -5.15. The highest BCUT2D eigenvalue weighted by molar-refractivity contribution is 5.79. The Kier molecular flexibility index (Phi) is 3.73. The van der Waals surface area contributed by atoms with Crippen molar-refractivity contribution >= 4 is 5.97 Å². The molecule has 0 unspecified atom stereocenters. The summed E-state index contributed by atoms with van der Waals surface area (Å²) < 4.78 is 40.0. The lowest BCUT2D eigenvalue weighted by Crippen LogP contribution is -2.28. The van der Waals surface area contributed by atoms with Gasteiger partial charge in [0, 0.05) is 5.56 Å². The molecule has 0 saturated heterocycles. The fraction of sp³-hybridized carbons (Fsp3) is 0.364. The smallest absolute Gasteiger partial charge is 0.491 e. The first kappa shape index (κ1) is 14.1. The van der Waals surface area contributed by atoms with Crippen molar-refractivity contribution < 1.29 is 32.9 Å². The van der Waals surface area contributed by atoms with Crippen LogP contribution in [0.4, 0.5) is 13.2 Å². The van der Waals surface area contributed by atoms with Crippen LogP contribution in [-0.4, -0.2) is 22.4 Å². The Hall–Kier alpha value is -1.92. The van der Waals surface area contributed by atoms with Crippen molar-refractivity contribution in [1.82, 2.24) is 0 Å². The number of carbonyl (C=O) groups excluding carboxylic acids is 1. The monoisotopic (exact) mass is 264 g/mol. The molecular weight excluding hydrogens is 253 g/mol. The molecule has 0 aliphatic rings. The van der Waals surface area contributed by atoms with Crippen molar-refractivity contribution in [3.05, 3.63) is 17.7 Å². The van der Waals surface area contributed by atoms with Crippen LogP contribution in [0.5, 0.6) is 17.2 Å². The molecule has 0 saturated carbocycles. The van der Waals surface area contributed by atoms with Crippen molar-refractivity contribution in [2.24, 2.45) is 0 Å². The molecule has 0 bridgehead atoms. The lowest BCUT2D eigenvalue weighted by Gasteiger charge is -2.14. The van der Waals surface area contributed by atoms with Crippen LogP contribution in [0.1, 0.15) is 25.3 Å². The number of aromatic hydroxyl groups is 2. The van der Waals surface area contributed by atoms with Gasteiger partial charge in [0.25, 0.3) is 0 Å². The summed E-state index contributed by atoms with van der Waals surface area (Å²) >= 11 is 0. The predicted molar refractivity (Wildman–Crippen MR) is 55.6 cm³/mol. The summed E-state index contributed by atoms with van der Waals surface area (Å²) in [5.74, 6) is -4.39. The normalized spacial score (nSPS) is 11.7. The van der Waals surface area contributed by atoms with Gasteiger partial charge in [-0.1, -0.05) is 13.8 Å². The highest BCUT2D eigenvalue weighted by Crippen LogP contribution is 2.40. The molecule has 0 aliphatic carbocycles. The SMILES string of the molecule is CC(C)c1c(O)ccc(OC(=O)C(F)(F)F)c1O. The molecule has 4 nitrogen and oxygen atoms in total. The van der Waals surface area contributed by atoms with Gasteiger partial charge in [0.15, 0.2) is 11.5 Å². The first-order valence-corrected chi connectivity index (χ1v) is 4.98. The number of hydrogen-bond acceptors (Lipinski definition) is 4. The zero-order chi connectivity index (χ0) is 14.1. The number of hydrogen-bond donors (Lipinski definition) is 2. The minimum Gasteiger partial charge on any atom is -0.508 e. The summed E-state index contributed by atoms with van der Waals surface area (Å²) in [5.41, 5.74) is 0.0162. The largest absolute Gasteiger partial charge is 0.508 e. The van der Waals surface area contributed by atoms with E-state index in [4.69, 9.17) is 0 Å². The molecule has 0 amide bonds. The van der Waals surface area contributed by atoms with Crippen LogP contribution >= 0.6 is 0 Å². The summed E-state index contributed by atoms with van der Waals surface area (Å²) in [7, 11) is 0. The lowest BCUT2D eigenvalue weighted by atomic mass is 10.0. The molecular formula is C11H11F3O4. The third-order valence-electron chi connectivity index (χ3n) is 2.17. The third kappa shape index (κ3) is 2.85. The fourth-order valence-corrected chi connectivity index (χ4v) is 1.39. The summed E-state index contributed by atoms with van der Waals surface area (Å²) in [6.07, 6.45) is -5.15. The minimum absolute atomic E-state index is 0.0162. The number of rotatable bonds is 2. The van der Waals surface area contributed by atoms with Crippen molar-refractivity contribution in [1.29, 1.82) is 0 Å². The summed E-state index contributed by atoms with van der Waals surface area (Å²) in [5, 5.41) is 19.1.